The molecule has 5 heteroatoms. The van der Waals surface area contributed by atoms with Crippen molar-refractivity contribution in [2.75, 3.05) is 18.1 Å². The minimum Gasteiger partial charge on any atom is -0.480 e. The van der Waals surface area contributed by atoms with Crippen molar-refractivity contribution in [3.8, 4) is 0 Å². The Morgan fingerprint density at radius 2 is 2.33 bits per heavy atom. The van der Waals surface area contributed by atoms with Crippen LogP contribution in [0.25, 0.3) is 0 Å². The Hall–Kier alpha value is -1.04. The van der Waals surface area contributed by atoms with Gasteiger partial charge in [-0.1, -0.05) is 24.3 Å². The summed E-state index contributed by atoms with van der Waals surface area (Å²) in [4.78, 5) is 10.6. The number of hydrogen-bond donors (Lipinski definition) is 2. The summed E-state index contributed by atoms with van der Waals surface area (Å²) in [5, 5.41) is 8.71. The summed E-state index contributed by atoms with van der Waals surface area (Å²) in [7, 11) is 0. The Bertz CT molecular complexity index is 424. The minimum atomic E-state index is -0.951. The zero-order valence-electron chi connectivity index (χ0n) is 10.0. The van der Waals surface area contributed by atoms with E-state index >= 15 is 0 Å². The quantitative estimate of drug-likeness (QED) is 0.844. The van der Waals surface area contributed by atoms with Crippen LogP contribution >= 0.6 is 11.8 Å². The molecule has 0 aromatic heterocycles. The normalized spacial score (nSPS) is 20.2. The number of aliphatic carboxylic acids is 1. The first-order valence-electron chi connectivity index (χ1n) is 5.94. The molecule has 1 unspecified atom stereocenters. The van der Waals surface area contributed by atoms with Crippen LogP contribution < -0.4 is 5.73 Å². The lowest BCUT2D eigenvalue weighted by Crippen LogP contribution is -2.32. The molecule has 1 aliphatic heterocycles. The van der Waals surface area contributed by atoms with Crippen LogP contribution in [0.4, 0.5) is 0 Å². The van der Waals surface area contributed by atoms with E-state index in [0.29, 0.717) is 5.75 Å². The van der Waals surface area contributed by atoms with Gasteiger partial charge in [0.25, 0.3) is 0 Å². The number of carboxylic acid groups (broad SMARTS) is 1. The maximum atomic E-state index is 10.6. The first kappa shape index (κ1) is 13.4. The van der Waals surface area contributed by atoms with Gasteiger partial charge < -0.3 is 15.6 Å². The summed E-state index contributed by atoms with van der Waals surface area (Å²) in [6.45, 7) is 0.729. The standard InChI is InChI=1S/C13H17NO3S/c14-11(13(15)16)7-18-8-12-10-4-2-1-3-9(10)5-6-17-12/h1-4,11-12H,5-8,14H2,(H,15,16)/t11-,12?/m1/s1. The van der Waals surface area contributed by atoms with E-state index in [4.69, 9.17) is 15.6 Å². The van der Waals surface area contributed by atoms with Gasteiger partial charge in [0.05, 0.1) is 12.7 Å². The van der Waals surface area contributed by atoms with E-state index in [9.17, 15) is 4.79 Å². The van der Waals surface area contributed by atoms with Crippen LogP contribution in [0.1, 0.15) is 17.2 Å². The fourth-order valence-electron chi connectivity index (χ4n) is 1.99. The molecule has 0 saturated carbocycles. The molecule has 1 aromatic rings. The molecular formula is C13H17NO3S. The minimum absolute atomic E-state index is 0.0564. The Balaban J connectivity index is 1.90. The second-order valence-electron chi connectivity index (χ2n) is 4.29. The molecule has 1 heterocycles. The number of thioether (sulfide) groups is 1. The molecule has 0 amide bonds. The van der Waals surface area contributed by atoms with Crippen LogP contribution in [0.2, 0.25) is 0 Å². The number of carboxylic acids is 1. The largest absolute Gasteiger partial charge is 0.480 e. The molecule has 2 rings (SSSR count). The molecule has 18 heavy (non-hydrogen) atoms. The Morgan fingerprint density at radius 3 is 3.11 bits per heavy atom. The summed E-state index contributed by atoms with van der Waals surface area (Å²) < 4.78 is 5.74. The second kappa shape index (κ2) is 6.22. The Morgan fingerprint density at radius 1 is 1.56 bits per heavy atom. The average Bonchev–Trinajstić information content (AvgIpc) is 2.38. The lowest BCUT2D eigenvalue weighted by atomic mass is 9.99. The van der Waals surface area contributed by atoms with E-state index < -0.39 is 12.0 Å². The second-order valence-corrected chi connectivity index (χ2v) is 5.37. The fourth-order valence-corrected chi connectivity index (χ4v) is 3.01. The van der Waals surface area contributed by atoms with Gasteiger partial charge in [-0.3, -0.25) is 4.79 Å². The molecule has 0 aliphatic carbocycles. The Kier molecular flexibility index (Phi) is 4.63. The van der Waals surface area contributed by atoms with Crippen LogP contribution in [-0.4, -0.2) is 35.2 Å². The molecule has 1 aromatic carbocycles. The number of carbonyl (C=O) groups is 1. The highest BCUT2D eigenvalue weighted by Crippen LogP contribution is 2.29. The maximum Gasteiger partial charge on any atom is 0.321 e. The highest BCUT2D eigenvalue weighted by molar-refractivity contribution is 7.99. The molecule has 2 atom stereocenters. The smallest absolute Gasteiger partial charge is 0.321 e. The number of rotatable bonds is 5. The van der Waals surface area contributed by atoms with Gasteiger partial charge in [-0.05, 0) is 17.5 Å². The average molecular weight is 267 g/mol. The highest BCUT2D eigenvalue weighted by atomic mass is 32.2. The predicted molar refractivity (Wildman–Crippen MR) is 71.8 cm³/mol. The van der Waals surface area contributed by atoms with Gasteiger partial charge >= 0.3 is 5.97 Å². The van der Waals surface area contributed by atoms with Crippen LogP contribution in [-0.2, 0) is 16.0 Å². The zero-order chi connectivity index (χ0) is 13.0. The number of nitrogens with two attached hydrogens (primary N) is 1. The third-order valence-corrected chi connectivity index (χ3v) is 4.11. The van der Waals surface area contributed by atoms with Crippen molar-refractivity contribution in [3.05, 3.63) is 35.4 Å². The van der Waals surface area contributed by atoms with E-state index in [-0.39, 0.29) is 6.10 Å². The summed E-state index contributed by atoms with van der Waals surface area (Å²) in [6.07, 6.45) is 1.01. The van der Waals surface area contributed by atoms with Crippen LogP contribution in [0, 0.1) is 0 Å². The van der Waals surface area contributed by atoms with Crippen molar-refractivity contribution < 1.29 is 14.6 Å². The van der Waals surface area contributed by atoms with Gasteiger partial charge in [0.2, 0.25) is 0 Å². The molecule has 3 N–H and O–H groups in total. The highest BCUT2D eigenvalue weighted by Gasteiger charge is 2.21. The molecule has 0 saturated heterocycles. The first-order chi connectivity index (χ1) is 8.68. The number of ether oxygens (including phenoxy) is 1. The van der Waals surface area contributed by atoms with Crippen molar-refractivity contribution >= 4 is 17.7 Å². The zero-order valence-corrected chi connectivity index (χ0v) is 10.9. The van der Waals surface area contributed by atoms with Gasteiger partial charge in [-0.2, -0.15) is 11.8 Å². The summed E-state index contributed by atoms with van der Waals surface area (Å²) >= 11 is 1.53. The van der Waals surface area contributed by atoms with E-state index in [1.807, 2.05) is 12.1 Å². The van der Waals surface area contributed by atoms with Gasteiger partial charge in [-0.25, -0.2) is 0 Å². The van der Waals surface area contributed by atoms with Crippen molar-refractivity contribution in [2.45, 2.75) is 18.6 Å². The predicted octanol–water partition coefficient (Wildman–Crippen LogP) is 1.45. The Labute approximate surface area is 111 Å². The van der Waals surface area contributed by atoms with Gasteiger partial charge in [-0.15, -0.1) is 0 Å². The monoisotopic (exact) mass is 267 g/mol. The van der Waals surface area contributed by atoms with Gasteiger partial charge in [0.1, 0.15) is 6.04 Å². The third kappa shape index (κ3) is 3.25. The molecule has 4 nitrogen and oxygen atoms in total. The van der Waals surface area contributed by atoms with Gasteiger partial charge in [0.15, 0.2) is 0 Å². The molecule has 0 bridgehead atoms. The topological polar surface area (TPSA) is 72.5 Å². The molecule has 1 aliphatic rings. The molecule has 0 fully saturated rings. The number of benzene rings is 1. The lowest BCUT2D eigenvalue weighted by molar-refractivity contribution is -0.137. The third-order valence-electron chi connectivity index (χ3n) is 2.98. The van der Waals surface area contributed by atoms with Crippen molar-refractivity contribution in [1.29, 1.82) is 0 Å². The molecule has 0 radical (unpaired) electrons. The maximum absolute atomic E-state index is 10.6. The fraction of sp³-hybridized carbons (Fsp3) is 0.462. The van der Waals surface area contributed by atoms with E-state index in [2.05, 4.69) is 12.1 Å². The number of fused-ring (bicyclic) bond motifs is 1. The molecule has 98 valence electrons. The molecular weight excluding hydrogens is 250 g/mol. The van der Waals surface area contributed by atoms with Crippen molar-refractivity contribution in [2.24, 2.45) is 5.73 Å². The lowest BCUT2D eigenvalue weighted by Gasteiger charge is -2.26. The first-order valence-corrected chi connectivity index (χ1v) is 7.09. The van der Waals surface area contributed by atoms with Crippen LogP contribution in [0.15, 0.2) is 24.3 Å². The summed E-state index contributed by atoms with van der Waals surface area (Å²) in [5.41, 5.74) is 8.02. The molecule has 0 spiro atoms. The SMILES string of the molecule is N[C@H](CSCC1OCCc2ccccc21)C(=O)O. The van der Waals surface area contributed by atoms with Crippen LogP contribution in [0.3, 0.4) is 0 Å². The van der Waals surface area contributed by atoms with Crippen molar-refractivity contribution in [3.63, 3.8) is 0 Å². The van der Waals surface area contributed by atoms with E-state index in [1.54, 1.807) is 0 Å². The van der Waals surface area contributed by atoms with Crippen LogP contribution in [0.5, 0.6) is 0 Å². The van der Waals surface area contributed by atoms with E-state index in [0.717, 1.165) is 18.8 Å². The number of hydrogen-bond acceptors (Lipinski definition) is 4. The summed E-state index contributed by atoms with van der Waals surface area (Å²) in [6, 6.07) is 7.45. The van der Waals surface area contributed by atoms with E-state index in [1.165, 1.54) is 22.9 Å². The van der Waals surface area contributed by atoms with Crippen molar-refractivity contribution in [1.82, 2.24) is 0 Å². The van der Waals surface area contributed by atoms with Gasteiger partial charge in [0, 0.05) is 11.5 Å². The summed E-state index contributed by atoms with van der Waals surface area (Å²) in [5.74, 6) is 0.211.